The number of hydrogen-bond donors (Lipinski definition) is 1. The number of nitrogens with zero attached hydrogens (tertiary/aromatic N) is 3. The Labute approximate surface area is 98.7 Å². The number of aryl methyl sites for hydroxylation is 1. The Balaban J connectivity index is 2.38. The Kier molecular flexibility index (Phi) is 2.08. The largest absolute Gasteiger partial charge is 0.397 e. The van der Waals surface area contributed by atoms with Gasteiger partial charge in [0.2, 0.25) is 0 Å². The number of pyridine rings is 1. The van der Waals surface area contributed by atoms with Gasteiger partial charge in [0.05, 0.1) is 23.2 Å². The first kappa shape index (κ1) is 9.84. The highest BCUT2D eigenvalue weighted by atomic mass is 15.0. The van der Waals surface area contributed by atoms with Gasteiger partial charge in [0.25, 0.3) is 0 Å². The van der Waals surface area contributed by atoms with Crippen molar-refractivity contribution in [3.63, 3.8) is 0 Å². The van der Waals surface area contributed by atoms with Crippen molar-refractivity contribution in [1.29, 1.82) is 0 Å². The maximum atomic E-state index is 5.96. The minimum Gasteiger partial charge on any atom is -0.397 e. The van der Waals surface area contributed by atoms with Gasteiger partial charge in [-0.15, -0.1) is 0 Å². The molecule has 0 aliphatic rings. The second-order valence-corrected chi connectivity index (χ2v) is 3.99. The molecule has 0 aliphatic heterocycles. The van der Waals surface area contributed by atoms with Gasteiger partial charge in [-0.1, -0.05) is 0 Å². The second kappa shape index (κ2) is 3.59. The van der Waals surface area contributed by atoms with Crippen LogP contribution < -0.4 is 5.73 Å². The molecule has 1 aromatic carbocycles. The van der Waals surface area contributed by atoms with Crippen LogP contribution in [0.1, 0.15) is 5.69 Å². The fourth-order valence-electron chi connectivity index (χ4n) is 1.95. The monoisotopic (exact) mass is 224 g/mol. The first-order valence-corrected chi connectivity index (χ1v) is 5.40. The van der Waals surface area contributed by atoms with Crippen molar-refractivity contribution >= 4 is 16.6 Å². The van der Waals surface area contributed by atoms with Gasteiger partial charge in [-0.2, -0.15) is 0 Å². The normalized spacial score (nSPS) is 10.9. The van der Waals surface area contributed by atoms with E-state index in [2.05, 4.69) is 9.97 Å². The summed E-state index contributed by atoms with van der Waals surface area (Å²) in [5.41, 5.74) is 9.51. The minimum atomic E-state index is 0.701. The van der Waals surface area contributed by atoms with Crippen LogP contribution in [0.4, 0.5) is 5.69 Å². The van der Waals surface area contributed by atoms with Gasteiger partial charge in [-0.05, 0) is 31.2 Å². The van der Waals surface area contributed by atoms with E-state index < -0.39 is 0 Å². The molecule has 0 fully saturated rings. The topological polar surface area (TPSA) is 56.7 Å². The van der Waals surface area contributed by atoms with Gasteiger partial charge >= 0.3 is 0 Å². The van der Waals surface area contributed by atoms with E-state index in [0.29, 0.717) is 5.69 Å². The Morgan fingerprint density at radius 3 is 2.82 bits per heavy atom. The predicted molar refractivity (Wildman–Crippen MR) is 68.0 cm³/mol. The first-order chi connectivity index (χ1) is 8.25. The number of benzene rings is 1. The number of aromatic nitrogens is 3. The van der Waals surface area contributed by atoms with Crippen molar-refractivity contribution in [1.82, 2.24) is 14.5 Å². The molecule has 84 valence electrons. The third-order valence-electron chi connectivity index (χ3n) is 2.79. The van der Waals surface area contributed by atoms with Crippen molar-refractivity contribution in [2.24, 2.45) is 0 Å². The third kappa shape index (κ3) is 1.54. The number of nitrogens with two attached hydrogens (primary N) is 1. The van der Waals surface area contributed by atoms with Crippen LogP contribution in [0.15, 0.2) is 43.0 Å². The molecular formula is C13H12N4. The van der Waals surface area contributed by atoms with Crippen LogP contribution in [0, 0.1) is 6.92 Å². The summed E-state index contributed by atoms with van der Waals surface area (Å²) in [4.78, 5) is 8.54. The maximum Gasteiger partial charge on any atom is 0.0991 e. The summed E-state index contributed by atoms with van der Waals surface area (Å²) in [6, 6.07) is 7.89. The molecule has 0 atom stereocenters. The minimum absolute atomic E-state index is 0.701. The molecule has 0 saturated carbocycles. The van der Waals surface area contributed by atoms with Gasteiger partial charge in [-0.3, -0.25) is 4.98 Å². The molecule has 3 rings (SSSR count). The molecule has 0 saturated heterocycles. The molecular weight excluding hydrogens is 212 g/mol. The third-order valence-corrected chi connectivity index (χ3v) is 2.79. The molecule has 0 aliphatic carbocycles. The molecule has 2 N–H and O–H groups in total. The quantitative estimate of drug-likeness (QED) is 0.645. The smallest absolute Gasteiger partial charge is 0.0991 e. The number of hydrogen-bond acceptors (Lipinski definition) is 3. The summed E-state index contributed by atoms with van der Waals surface area (Å²) in [5, 5.41) is 1.04. The summed E-state index contributed by atoms with van der Waals surface area (Å²) in [7, 11) is 0. The summed E-state index contributed by atoms with van der Waals surface area (Å²) in [6.45, 7) is 1.96. The number of nitrogen functional groups attached to an aromatic ring is 1. The van der Waals surface area contributed by atoms with Crippen LogP contribution in [0.5, 0.6) is 0 Å². The molecule has 4 nitrogen and oxygen atoms in total. The van der Waals surface area contributed by atoms with Crippen LogP contribution in [0.3, 0.4) is 0 Å². The lowest BCUT2D eigenvalue weighted by molar-refractivity contribution is 1.07. The Bertz CT molecular complexity index is 671. The van der Waals surface area contributed by atoms with E-state index in [1.807, 2.05) is 42.0 Å². The molecule has 3 aromatic rings. The van der Waals surface area contributed by atoms with Crippen molar-refractivity contribution in [2.45, 2.75) is 6.92 Å². The van der Waals surface area contributed by atoms with Gasteiger partial charge < -0.3 is 10.3 Å². The lowest BCUT2D eigenvalue weighted by Gasteiger charge is -2.09. The van der Waals surface area contributed by atoms with E-state index in [1.165, 1.54) is 0 Å². The van der Waals surface area contributed by atoms with Crippen molar-refractivity contribution in [3.05, 3.63) is 48.7 Å². The zero-order valence-electron chi connectivity index (χ0n) is 9.46. The average Bonchev–Trinajstić information content (AvgIpc) is 2.84. The highest BCUT2D eigenvalue weighted by Crippen LogP contribution is 2.25. The van der Waals surface area contributed by atoms with Gasteiger partial charge in [-0.25, -0.2) is 4.98 Å². The number of imidazole rings is 1. The van der Waals surface area contributed by atoms with Crippen molar-refractivity contribution in [3.8, 4) is 5.69 Å². The Morgan fingerprint density at radius 1 is 1.18 bits per heavy atom. The van der Waals surface area contributed by atoms with E-state index in [1.54, 1.807) is 12.5 Å². The Hall–Kier alpha value is -2.36. The summed E-state index contributed by atoms with van der Waals surface area (Å²) in [5.74, 6) is 0. The molecule has 0 bridgehead atoms. The lowest BCUT2D eigenvalue weighted by Crippen LogP contribution is -1.97. The summed E-state index contributed by atoms with van der Waals surface area (Å²) in [6.07, 6.45) is 5.43. The van der Waals surface area contributed by atoms with Crippen molar-refractivity contribution in [2.75, 3.05) is 5.73 Å². The standard InChI is InChI=1S/C13H12N4/c1-9-2-3-10-12(17-7-6-15-8-17)5-4-11(14)13(10)16-9/h2-8H,14H2,1H3. The van der Waals surface area contributed by atoms with Gasteiger partial charge in [0.1, 0.15) is 0 Å². The number of rotatable bonds is 1. The van der Waals surface area contributed by atoms with Crippen molar-refractivity contribution < 1.29 is 0 Å². The molecule has 0 amide bonds. The molecule has 4 heteroatoms. The highest BCUT2D eigenvalue weighted by molar-refractivity contribution is 5.95. The SMILES string of the molecule is Cc1ccc2c(-n3ccnc3)ccc(N)c2n1. The van der Waals surface area contributed by atoms with Gasteiger partial charge in [0, 0.05) is 23.5 Å². The second-order valence-electron chi connectivity index (χ2n) is 3.99. The number of anilines is 1. The summed E-state index contributed by atoms with van der Waals surface area (Å²) < 4.78 is 1.96. The van der Waals surface area contributed by atoms with Gasteiger partial charge in [0.15, 0.2) is 0 Å². The van der Waals surface area contributed by atoms with Crippen LogP contribution in [0.25, 0.3) is 16.6 Å². The number of fused-ring (bicyclic) bond motifs is 1. The Morgan fingerprint density at radius 2 is 2.06 bits per heavy atom. The van der Waals surface area contributed by atoms with Crippen LogP contribution in [0.2, 0.25) is 0 Å². The lowest BCUT2D eigenvalue weighted by atomic mass is 10.1. The van der Waals surface area contributed by atoms with E-state index in [-0.39, 0.29) is 0 Å². The van der Waals surface area contributed by atoms with Crippen LogP contribution >= 0.6 is 0 Å². The fraction of sp³-hybridized carbons (Fsp3) is 0.0769. The zero-order chi connectivity index (χ0) is 11.8. The maximum absolute atomic E-state index is 5.96. The van der Waals surface area contributed by atoms with E-state index in [9.17, 15) is 0 Å². The molecule has 2 aromatic heterocycles. The van der Waals surface area contributed by atoms with E-state index in [4.69, 9.17) is 5.73 Å². The van der Waals surface area contributed by atoms with Crippen LogP contribution in [-0.4, -0.2) is 14.5 Å². The van der Waals surface area contributed by atoms with E-state index >= 15 is 0 Å². The zero-order valence-corrected chi connectivity index (χ0v) is 9.46. The molecule has 0 spiro atoms. The fourth-order valence-corrected chi connectivity index (χ4v) is 1.95. The molecule has 0 radical (unpaired) electrons. The first-order valence-electron chi connectivity index (χ1n) is 5.40. The van der Waals surface area contributed by atoms with Crippen LogP contribution in [-0.2, 0) is 0 Å². The molecule has 2 heterocycles. The molecule has 17 heavy (non-hydrogen) atoms. The van der Waals surface area contributed by atoms with E-state index in [0.717, 1.165) is 22.3 Å². The molecule has 0 unspecified atom stereocenters. The predicted octanol–water partition coefficient (Wildman–Crippen LogP) is 2.31. The summed E-state index contributed by atoms with van der Waals surface area (Å²) >= 11 is 0. The highest BCUT2D eigenvalue weighted by Gasteiger charge is 2.06. The average molecular weight is 224 g/mol.